The second-order valence-electron chi connectivity index (χ2n) is 9.71. The Labute approximate surface area is 221 Å². The van der Waals surface area contributed by atoms with Crippen molar-refractivity contribution in [2.45, 2.75) is 25.2 Å². The summed E-state index contributed by atoms with van der Waals surface area (Å²) in [7, 11) is 1.54. The minimum atomic E-state index is -1.41. The van der Waals surface area contributed by atoms with Crippen LogP contribution in [0.2, 0.25) is 0 Å². The number of aliphatic hydroxyl groups is 1. The lowest BCUT2D eigenvalue weighted by molar-refractivity contribution is 0.0610. The minimum absolute atomic E-state index is 0.0110. The fourth-order valence-electron chi connectivity index (χ4n) is 5.05. The Morgan fingerprint density at radius 2 is 1.87 bits per heavy atom. The molecule has 2 atom stereocenters. The first kappa shape index (κ1) is 25.6. The summed E-state index contributed by atoms with van der Waals surface area (Å²) >= 11 is 0. The van der Waals surface area contributed by atoms with Gasteiger partial charge in [-0.15, -0.1) is 0 Å². The summed E-state index contributed by atoms with van der Waals surface area (Å²) in [4.78, 5) is 43.8. The summed E-state index contributed by atoms with van der Waals surface area (Å²) in [5.41, 5.74) is 1.15. The molecule has 198 valence electrons. The smallest absolute Gasteiger partial charge is 0.318 e. The number of benzene rings is 2. The van der Waals surface area contributed by atoms with Gasteiger partial charge in [-0.25, -0.2) is 4.79 Å². The standard InChI is InChI=1S/C28H31N5O5/c1-3-31-12-14-32(15-13-31)24(34)20-6-4-19(5-7-20)10-11-28(26(36)29-27(37)30-28)18-33-17-21-8-9-22(38-2)16-23(21)25(33)35/h4-9,16,26,36H,3,12-15,17-18H2,1-2H3,(H2,29,30,37). The molecule has 38 heavy (non-hydrogen) atoms. The van der Waals surface area contributed by atoms with Crippen LogP contribution in [0.15, 0.2) is 42.5 Å². The number of rotatable bonds is 5. The molecule has 3 aliphatic rings. The number of urea groups is 1. The van der Waals surface area contributed by atoms with E-state index in [2.05, 4.69) is 34.3 Å². The lowest BCUT2D eigenvalue weighted by atomic mass is 9.97. The van der Waals surface area contributed by atoms with Gasteiger partial charge in [-0.05, 0) is 48.5 Å². The summed E-state index contributed by atoms with van der Waals surface area (Å²) in [6.45, 7) is 6.55. The molecule has 0 bridgehead atoms. The lowest BCUT2D eigenvalue weighted by Crippen LogP contribution is -2.56. The van der Waals surface area contributed by atoms with E-state index >= 15 is 0 Å². The quantitative estimate of drug-likeness (QED) is 0.507. The summed E-state index contributed by atoms with van der Waals surface area (Å²) in [6, 6.07) is 11.7. The normalized spacial score (nSPS) is 22.9. The van der Waals surface area contributed by atoms with E-state index in [4.69, 9.17) is 4.74 Å². The summed E-state index contributed by atoms with van der Waals surface area (Å²) in [5.74, 6) is 6.35. The van der Waals surface area contributed by atoms with E-state index in [1.54, 1.807) is 41.3 Å². The first-order valence-electron chi connectivity index (χ1n) is 12.7. The number of nitrogens with one attached hydrogen (secondary N) is 2. The highest BCUT2D eigenvalue weighted by Crippen LogP contribution is 2.29. The van der Waals surface area contributed by atoms with Crippen LogP contribution in [-0.4, -0.2) is 95.8 Å². The monoisotopic (exact) mass is 517 g/mol. The second kappa shape index (κ2) is 10.4. The van der Waals surface area contributed by atoms with Crippen molar-refractivity contribution < 1.29 is 24.2 Å². The lowest BCUT2D eigenvalue weighted by Gasteiger charge is -2.34. The number of hydrogen-bond acceptors (Lipinski definition) is 6. The number of carbonyl (C=O) groups excluding carboxylic acids is 3. The Bertz CT molecular complexity index is 1310. The number of ether oxygens (including phenoxy) is 1. The van der Waals surface area contributed by atoms with Gasteiger partial charge < -0.3 is 35.2 Å². The number of methoxy groups -OCH3 is 1. The van der Waals surface area contributed by atoms with Crippen molar-refractivity contribution in [3.05, 3.63) is 64.7 Å². The topological polar surface area (TPSA) is 114 Å². The molecular weight excluding hydrogens is 486 g/mol. The SMILES string of the molecule is CCN1CCN(C(=O)c2ccc(C#CC3(CN4Cc5ccc(OC)cc5C4=O)NC(=O)NC3O)cc2)CC1. The van der Waals surface area contributed by atoms with Crippen molar-refractivity contribution in [2.75, 3.05) is 46.4 Å². The molecule has 0 aromatic heterocycles. The van der Waals surface area contributed by atoms with Crippen LogP contribution in [-0.2, 0) is 6.54 Å². The molecule has 2 unspecified atom stereocenters. The Kier molecular flexibility index (Phi) is 6.97. The zero-order valence-corrected chi connectivity index (χ0v) is 21.5. The van der Waals surface area contributed by atoms with Crippen molar-refractivity contribution in [2.24, 2.45) is 0 Å². The molecule has 5 rings (SSSR count). The molecule has 4 amide bonds. The van der Waals surface area contributed by atoms with E-state index in [1.807, 2.05) is 11.0 Å². The summed E-state index contributed by atoms with van der Waals surface area (Å²) in [6.07, 6.45) is -1.32. The van der Waals surface area contributed by atoms with Gasteiger partial charge in [0.1, 0.15) is 5.75 Å². The van der Waals surface area contributed by atoms with Crippen LogP contribution in [0, 0.1) is 11.8 Å². The number of hydrogen-bond donors (Lipinski definition) is 3. The van der Waals surface area contributed by atoms with Gasteiger partial charge in [0.2, 0.25) is 0 Å². The first-order chi connectivity index (χ1) is 18.3. The van der Waals surface area contributed by atoms with Gasteiger partial charge in [0.25, 0.3) is 11.8 Å². The molecular formula is C28H31N5O5. The largest absolute Gasteiger partial charge is 0.497 e. The fraction of sp³-hybridized carbons (Fsp3) is 0.393. The van der Waals surface area contributed by atoms with E-state index in [1.165, 1.54) is 7.11 Å². The predicted octanol–water partition coefficient (Wildman–Crippen LogP) is 0.850. The molecule has 3 heterocycles. The number of carbonyl (C=O) groups is 3. The van der Waals surface area contributed by atoms with Gasteiger partial charge in [0.15, 0.2) is 11.8 Å². The van der Waals surface area contributed by atoms with Gasteiger partial charge in [0.05, 0.1) is 13.7 Å². The molecule has 2 aromatic carbocycles. The van der Waals surface area contributed by atoms with Crippen LogP contribution in [0.25, 0.3) is 0 Å². The summed E-state index contributed by atoms with van der Waals surface area (Å²) < 4.78 is 5.24. The third kappa shape index (κ3) is 4.90. The van der Waals surface area contributed by atoms with Crippen molar-refractivity contribution in [1.82, 2.24) is 25.3 Å². The van der Waals surface area contributed by atoms with Gasteiger partial charge >= 0.3 is 6.03 Å². The highest BCUT2D eigenvalue weighted by molar-refractivity contribution is 5.99. The van der Waals surface area contributed by atoms with Crippen LogP contribution < -0.4 is 15.4 Å². The fourth-order valence-corrected chi connectivity index (χ4v) is 5.05. The molecule has 0 saturated carbocycles. The Morgan fingerprint density at radius 1 is 1.13 bits per heavy atom. The molecule has 0 aliphatic carbocycles. The van der Waals surface area contributed by atoms with Gasteiger partial charge in [-0.1, -0.05) is 24.8 Å². The molecule has 10 nitrogen and oxygen atoms in total. The number of nitrogens with zero attached hydrogens (tertiary/aromatic N) is 3. The van der Waals surface area contributed by atoms with Crippen molar-refractivity contribution in [3.8, 4) is 17.6 Å². The Hall–Kier alpha value is -4.07. The molecule has 0 spiro atoms. The number of aliphatic hydroxyl groups excluding tert-OH is 1. The molecule has 3 N–H and O–H groups in total. The summed E-state index contributed by atoms with van der Waals surface area (Å²) in [5, 5.41) is 15.9. The number of fused-ring (bicyclic) bond motifs is 1. The van der Waals surface area contributed by atoms with Crippen molar-refractivity contribution >= 4 is 17.8 Å². The minimum Gasteiger partial charge on any atom is -0.497 e. The molecule has 10 heteroatoms. The van der Waals surface area contributed by atoms with E-state index in [0.29, 0.717) is 42.1 Å². The maximum absolute atomic E-state index is 13.1. The van der Waals surface area contributed by atoms with Crippen molar-refractivity contribution in [3.63, 3.8) is 0 Å². The molecule has 3 aliphatic heterocycles. The van der Waals surface area contributed by atoms with E-state index in [-0.39, 0.29) is 18.4 Å². The van der Waals surface area contributed by atoms with Crippen LogP contribution >= 0.6 is 0 Å². The van der Waals surface area contributed by atoms with Gasteiger partial charge in [-0.3, -0.25) is 9.59 Å². The zero-order chi connectivity index (χ0) is 26.9. The molecule has 0 radical (unpaired) electrons. The van der Waals surface area contributed by atoms with Crippen LogP contribution in [0.5, 0.6) is 5.75 Å². The van der Waals surface area contributed by atoms with E-state index in [0.717, 1.165) is 25.2 Å². The van der Waals surface area contributed by atoms with Crippen LogP contribution in [0.3, 0.4) is 0 Å². The van der Waals surface area contributed by atoms with Crippen LogP contribution in [0.1, 0.15) is 38.8 Å². The Morgan fingerprint density at radius 3 is 2.50 bits per heavy atom. The number of likely N-dealkylation sites (N-methyl/N-ethyl adjacent to an activating group) is 1. The number of amides is 4. The number of piperazine rings is 1. The van der Waals surface area contributed by atoms with E-state index < -0.39 is 17.8 Å². The second-order valence-corrected chi connectivity index (χ2v) is 9.71. The molecule has 2 saturated heterocycles. The van der Waals surface area contributed by atoms with Crippen LogP contribution in [0.4, 0.5) is 4.79 Å². The zero-order valence-electron chi connectivity index (χ0n) is 21.5. The highest BCUT2D eigenvalue weighted by Gasteiger charge is 2.48. The average molecular weight is 518 g/mol. The highest BCUT2D eigenvalue weighted by atomic mass is 16.5. The maximum atomic E-state index is 13.1. The third-order valence-corrected chi connectivity index (χ3v) is 7.38. The van der Waals surface area contributed by atoms with Gasteiger partial charge in [0, 0.05) is 49.4 Å². The van der Waals surface area contributed by atoms with Gasteiger partial charge in [-0.2, -0.15) is 0 Å². The third-order valence-electron chi connectivity index (χ3n) is 7.38. The average Bonchev–Trinajstić information content (AvgIpc) is 3.40. The van der Waals surface area contributed by atoms with E-state index in [9.17, 15) is 19.5 Å². The first-order valence-corrected chi connectivity index (χ1v) is 12.7. The molecule has 2 fully saturated rings. The molecule has 2 aromatic rings. The predicted molar refractivity (Wildman–Crippen MR) is 139 cm³/mol. The maximum Gasteiger partial charge on any atom is 0.318 e. The van der Waals surface area contributed by atoms with Crippen molar-refractivity contribution in [1.29, 1.82) is 0 Å². The Balaban J connectivity index is 1.32.